The lowest BCUT2D eigenvalue weighted by Gasteiger charge is -2.18. The fourth-order valence-electron chi connectivity index (χ4n) is 9.05. The lowest BCUT2D eigenvalue weighted by Crippen LogP contribution is -2.01. The van der Waals surface area contributed by atoms with Crippen molar-refractivity contribution in [3.63, 3.8) is 0 Å². The molecule has 5 heteroatoms. The molecule has 0 radical (unpaired) electrons. The molecule has 0 atom stereocenters. The standard InChI is InChI=1S/C57H35N5/c1-2-12-39-27-44(26-23-36(39)11-1)56-60-55(38-24-21-37(22-25-38)48-33-58-35-59-34-48)61-57(62-56)47-31-45(53-49-17-7-3-13-40(49)28-41-14-4-8-18-50(41)53)30-46(32-47)54-51-19-9-5-15-42(51)29-43-16-6-10-20-52(43)54/h1-35H. The van der Waals surface area contributed by atoms with Crippen molar-refractivity contribution >= 4 is 53.9 Å². The number of rotatable bonds is 6. The first-order chi connectivity index (χ1) is 30.7. The van der Waals surface area contributed by atoms with E-state index in [1.807, 2.05) is 12.4 Å². The molecule has 2 aromatic heterocycles. The van der Waals surface area contributed by atoms with E-state index in [0.717, 1.165) is 49.7 Å². The van der Waals surface area contributed by atoms with E-state index < -0.39 is 0 Å². The maximum Gasteiger partial charge on any atom is 0.164 e. The lowest BCUT2D eigenvalue weighted by atomic mass is 9.87. The Bertz CT molecular complexity index is 3450. The SMILES string of the molecule is c1ccc2cc(-c3nc(-c4ccc(-c5cncnc5)cc4)nc(-c4cc(-c5c6ccccc6cc6ccccc56)cc(-c5c6ccccc6cc6ccccc56)c4)n3)ccc2c1. The summed E-state index contributed by atoms with van der Waals surface area (Å²) in [6.07, 6.45) is 5.19. The molecule has 0 bridgehead atoms. The fourth-order valence-corrected chi connectivity index (χ4v) is 9.05. The lowest BCUT2D eigenvalue weighted by molar-refractivity contribution is 1.07. The van der Waals surface area contributed by atoms with Crippen LogP contribution < -0.4 is 0 Å². The van der Waals surface area contributed by atoms with Crippen molar-refractivity contribution in [3.05, 3.63) is 213 Å². The summed E-state index contributed by atoms with van der Waals surface area (Å²) in [6, 6.07) is 69.4. The van der Waals surface area contributed by atoms with E-state index in [2.05, 4.69) is 204 Å². The summed E-state index contributed by atoms with van der Waals surface area (Å²) in [6.45, 7) is 0. The highest BCUT2D eigenvalue weighted by molar-refractivity contribution is 6.16. The number of hydrogen-bond donors (Lipinski definition) is 0. The van der Waals surface area contributed by atoms with Gasteiger partial charge in [-0.2, -0.15) is 0 Å². The van der Waals surface area contributed by atoms with E-state index >= 15 is 0 Å². The first-order valence-electron chi connectivity index (χ1n) is 20.8. The zero-order valence-electron chi connectivity index (χ0n) is 33.4. The molecule has 0 aliphatic heterocycles. The molecule has 0 aliphatic carbocycles. The number of fused-ring (bicyclic) bond motifs is 5. The third-order valence-electron chi connectivity index (χ3n) is 12.0. The van der Waals surface area contributed by atoms with Gasteiger partial charge in [0, 0.05) is 34.6 Å². The maximum absolute atomic E-state index is 5.35. The molecule has 0 unspecified atom stereocenters. The van der Waals surface area contributed by atoms with Gasteiger partial charge in [-0.1, -0.05) is 158 Å². The van der Waals surface area contributed by atoms with Crippen molar-refractivity contribution in [1.29, 1.82) is 0 Å². The molecule has 0 saturated heterocycles. The van der Waals surface area contributed by atoms with Gasteiger partial charge in [0.2, 0.25) is 0 Å². The quantitative estimate of drug-likeness (QED) is 0.157. The van der Waals surface area contributed by atoms with Gasteiger partial charge in [0.05, 0.1) is 0 Å². The minimum Gasteiger partial charge on any atom is -0.244 e. The molecule has 0 saturated carbocycles. The zero-order valence-corrected chi connectivity index (χ0v) is 33.4. The molecule has 10 aromatic carbocycles. The molecular formula is C57H35N5. The summed E-state index contributed by atoms with van der Waals surface area (Å²) in [4.78, 5) is 24.3. The number of benzene rings is 10. The van der Waals surface area contributed by atoms with Gasteiger partial charge in [-0.05, 0) is 118 Å². The van der Waals surface area contributed by atoms with Crippen LogP contribution in [0.25, 0.3) is 121 Å². The van der Waals surface area contributed by atoms with Gasteiger partial charge in [0.25, 0.3) is 0 Å². The van der Waals surface area contributed by atoms with Crippen LogP contribution in [0, 0.1) is 0 Å². The van der Waals surface area contributed by atoms with E-state index in [1.54, 1.807) is 6.33 Å². The first kappa shape index (κ1) is 35.5. The largest absolute Gasteiger partial charge is 0.244 e. The summed E-state index contributed by atoms with van der Waals surface area (Å²) >= 11 is 0. The Morgan fingerprint density at radius 2 is 0.629 bits per heavy atom. The molecule has 0 spiro atoms. The Hall–Kier alpha value is -8.41. The summed E-state index contributed by atoms with van der Waals surface area (Å²) in [7, 11) is 0. The molecule has 288 valence electrons. The number of nitrogens with zero attached hydrogens (tertiary/aromatic N) is 5. The van der Waals surface area contributed by atoms with Crippen molar-refractivity contribution in [3.8, 4) is 67.5 Å². The van der Waals surface area contributed by atoms with Crippen molar-refractivity contribution in [2.75, 3.05) is 0 Å². The third-order valence-corrected chi connectivity index (χ3v) is 12.0. The topological polar surface area (TPSA) is 64.5 Å². The van der Waals surface area contributed by atoms with Crippen LogP contribution in [0.15, 0.2) is 213 Å². The third kappa shape index (κ3) is 6.23. The van der Waals surface area contributed by atoms with E-state index in [9.17, 15) is 0 Å². The fraction of sp³-hybridized carbons (Fsp3) is 0. The van der Waals surface area contributed by atoms with Crippen LogP contribution in [0.5, 0.6) is 0 Å². The average molecular weight is 790 g/mol. The van der Waals surface area contributed by atoms with Crippen molar-refractivity contribution in [2.45, 2.75) is 0 Å². The number of aromatic nitrogens is 5. The molecule has 0 N–H and O–H groups in total. The smallest absolute Gasteiger partial charge is 0.164 e. The molecule has 0 amide bonds. The van der Waals surface area contributed by atoms with Crippen LogP contribution in [-0.2, 0) is 0 Å². The minimum atomic E-state index is 0.590. The molecule has 62 heavy (non-hydrogen) atoms. The molecule has 12 rings (SSSR count). The van der Waals surface area contributed by atoms with E-state index in [4.69, 9.17) is 15.0 Å². The molecule has 0 fully saturated rings. The summed E-state index contributed by atoms with van der Waals surface area (Å²) in [5.41, 5.74) is 9.19. The Balaban J connectivity index is 1.15. The molecule has 0 aliphatic rings. The maximum atomic E-state index is 5.35. The van der Waals surface area contributed by atoms with Crippen LogP contribution in [0.4, 0.5) is 0 Å². The summed E-state index contributed by atoms with van der Waals surface area (Å²) in [5.74, 6) is 1.79. The van der Waals surface area contributed by atoms with Gasteiger partial charge in [-0.25, -0.2) is 24.9 Å². The predicted octanol–water partition coefficient (Wildman–Crippen LogP) is 14.4. The molecule has 12 aromatic rings. The Morgan fingerprint density at radius 1 is 0.242 bits per heavy atom. The van der Waals surface area contributed by atoms with Crippen LogP contribution in [0.1, 0.15) is 0 Å². The highest BCUT2D eigenvalue weighted by atomic mass is 15.0. The van der Waals surface area contributed by atoms with Crippen molar-refractivity contribution in [1.82, 2.24) is 24.9 Å². The highest BCUT2D eigenvalue weighted by Gasteiger charge is 2.19. The second-order valence-corrected chi connectivity index (χ2v) is 15.8. The Labute approximate surface area is 357 Å². The van der Waals surface area contributed by atoms with Gasteiger partial charge >= 0.3 is 0 Å². The summed E-state index contributed by atoms with van der Waals surface area (Å²) < 4.78 is 0. The van der Waals surface area contributed by atoms with Gasteiger partial charge in [-0.3, -0.25) is 0 Å². The van der Waals surface area contributed by atoms with Gasteiger partial charge < -0.3 is 0 Å². The van der Waals surface area contributed by atoms with Crippen molar-refractivity contribution in [2.24, 2.45) is 0 Å². The second kappa shape index (κ2) is 14.7. The second-order valence-electron chi connectivity index (χ2n) is 15.8. The molecular weight excluding hydrogens is 755 g/mol. The predicted molar refractivity (Wildman–Crippen MR) is 256 cm³/mol. The van der Waals surface area contributed by atoms with E-state index in [-0.39, 0.29) is 0 Å². The zero-order chi connectivity index (χ0) is 41.0. The van der Waals surface area contributed by atoms with Crippen molar-refractivity contribution < 1.29 is 0 Å². The first-order valence-corrected chi connectivity index (χ1v) is 20.8. The summed E-state index contributed by atoms with van der Waals surface area (Å²) in [5, 5.41) is 11.8. The molecule has 5 nitrogen and oxygen atoms in total. The monoisotopic (exact) mass is 789 g/mol. The Kier molecular flexibility index (Phi) is 8.42. The Morgan fingerprint density at radius 3 is 1.15 bits per heavy atom. The number of hydrogen-bond acceptors (Lipinski definition) is 5. The van der Waals surface area contributed by atoms with Crippen LogP contribution in [-0.4, -0.2) is 24.9 Å². The van der Waals surface area contributed by atoms with Gasteiger partial charge in [0.15, 0.2) is 17.5 Å². The normalized spacial score (nSPS) is 11.5. The van der Waals surface area contributed by atoms with Gasteiger partial charge in [0.1, 0.15) is 6.33 Å². The van der Waals surface area contributed by atoms with Gasteiger partial charge in [-0.15, -0.1) is 0 Å². The minimum absolute atomic E-state index is 0.590. The highest BCUT2D eigenvalue weighted by Crippen LogP contribution is 2.43. The van der Waals surface area contributed by atoms with E-state index in [0.29, 0.717) is 17.5 Å². The van der Waals surface area contributed by atoms with E-state index in [1.165, 1.54) is 54.2 Å². The molecule has 2 heterocycles. The van der Waals surface area contributed by atoms with Crippen LogP contribution >= 0.6 is 0 Å². The van der Waals surface area contributed by atoms with Crippen LogP contribution in [0.3, 0.4) is 0 Å². The average Bonchev–Trinajstić information content (AvgIpc) is 3.34. The van der Waals surface area contributed by atoms with Crippen LogP contribution in [0.2, 0.25) is 0 Å².